The third kappa shape index (κ3) is 4.47. The number of nitrogens with one attached hydrogen (secondary N) is 1. The van der Waals surface area contributed by atoms with Gasteiger partial charge >= 0.3 is 0 Å². The molecule has 170 valence electrons. The van der Waals surface area contributed by atoms with Gasteiger partial charge in [-0.15, -0.1) is 4.40 Å². The first-order chi connectivity index (χ1) is 15.8. The van der Waals surface area contributed by atoms with E-state index in [0.29, 0.717) is 40.6 Å². The number of ether oxygens (including phenoxy) is 1. The fraction of sp³-hybridized carbons (Fsp3) is 0.200. The molecule has 3 aromatic rings. The molecule has 3 aromatic carbocycles. The number of hydrogen-bond donors (Lipinski definition) is 1. The second kappa shape index (κ2) is 9.07. The molecule has 0 fully saturated rings. The number of amides is 1. The SMILES string of the molecule is CCCN1C(c2cccc(OC)c2)=NS(=O)(=O)c2cc(NC(=O)c3ccccc3C)ccc21. The molecule has 7 nitrogen and oxygen atoms in total. The van der Waals surface area contributed by atoms with Crippen molar-refractivity contribution in [2.75, 3.05) is 23.9 Å². The van der Waals surface area contributed by atoms with Gasteiger partial charge in [0.15, 0.2) is 5.84 Å². The number of hydrogen-bond acceptors (Lipinski definition) is 5. The van der Waals surface area contributed by atoms with E-state index in [1.807, 2.05) is 30.9 Å². The van der Waals surface area contributed by atoms with E-state index in [1.165, 1.54) is 6.07 Å². The van der Waals surface area contributed by atoms with Gasteiger partial charge in [-0.25, -0.2) is 0 Å². The van der Waals surface area contributed by atoms with E-state index in [-0.39, 0.29) is 10.8 Å². The van der Waals surface area contributed by atoms with Gasteiger partial charge in [-0.3, -0.25) is 4.79 Å². The molecule has 0 radical (unpaired) electrons. The summed E-state index contributed by atoms with van der Waals surface area (Å²) in [6.07, 6.45) is 0.786. The molecule has 1 N–H and O–H groups in total. The second-order valence-electron chi connectivity index (χ2n) is 7.73. The Bertz CT molecular complexity index is 1350. The fourth-order valence-electron chi connectivity index (χ4n) is 3.79. The number of nitrogens with zero attached hydrogens (tertiary/aromatic N) is 2. The third-order valence-corrected chi connectivity index (χ3v) is 6.71. The van der Waals surface area contributed by atoms with Gasteiger partial charge in [-0.2, -0.15) is 8.42 Å². The number of sulfonamides is 1. The molecule has 33 heavy (non-hydrogen) atoms. The highest BCUT2D eigenvalue weighted by molar-refractivity contribution is 7.90. The normalized spacial score (nSPS) is 14.3. The number of amidine groups is 1. The Kier molecular flexibility index (Phi) is 6.20. The molecule has 0 atom stereocenters. The molecule has 1 aliphatic heterocycles. The summed E-state index contributed by atoms with van der Waals surface area (Å²) in [6.45, 7) is 4.44. The van der Waals surface area contributed by atoms with E-state index in [4.69, 9.17) is 4.74 Å². The topological polar surface area (TPSA) is 88.1 Å². The van der Waals surface area contributed by atoms with Gasteiger partial charge in [0.05, 0.1) is 12.8 Å². The first-order valence-corrected chi connectivity index (χ1v) is 12.1. The molecule has 1 aliphatic rings. The summed E-state index contributed by atoms with van der Waals surface area (Å²) >= 11 is 0. The van der Waals surface area contributed by atoms with Gasteiger partial charge in [0, 0.05) is 23.4 Å². The van der Waals surface area contributed by atoms with E-state index in [1.54, 1.807) is 55.6 Å². The van der Waals surface area contributed by atoms with Crippen molar-refractivity contribution in [3.05, 3.63) is 83.4 Å². The number of benzene rings is 3. The number of methoxy groups -OCH3 is 1. The molecule has 8 heteroatoms. The number of anilines is 2. The molecule has 0 aliphatic carbocycles. The van der Waals surface area contributed by atoms with Crippen LogP contribution in [-0.2, 0) is 10.0 Å². The Labute approximate surface area is 193 Å². The summed E-state index contributed by atoms with van der Waals surface area (Å²) < 4.78 is 35.8. The zero-order chi connectivity index (χ0) is 23.6. The average molecular weight is 464 g/mol. The maximum Gasteiger partial charge on any atom is 0.286 e. The van der Waals surface area contributed by atoms with Crippen molar-refractivity contribution in [1.82, 2.24) is 0 Å². The Hall–Kier alpha value is -3.65. The number of aryl methyl sites for hydroxylation is 1. The molecule has 1 amide bonds. The van der Waals surface area contributed by atoms with E-state index in [9.17, 15) is 13.2 Å². The zero-order valence-corrected chi connectivity index (χ0v) is 19.5. The van der Waals surface area contributed by atoms with Crippen molar-refractivity contribution in [2.24, 2.45) is 4.40 Å². The molecule has 1 heterocycles. The van der Waals surface area contributed by atoms with Crippen LogP contribution in [0.25, 0.3) is 0 Å². The summed E-state index contributed by atoms with van der Waals surface area (Å²) in [5.74, 6) is 0.663. The van der Waals surface area contributed by atoms with Crippen molar-refractivity contribution in [2.45, 2.75) is 25.2 Å². The highest BCUT2D eigenvalue weighted by Gasteiger charge is 2.32. The lowest BCUT2D eigenvalue weighted by atomic mass is 10.1. The van der Waals surface area contributed by atoms with Crippen LogP contribution in [0.5, 0.6) is 5.75 Å². The van der Waals surface area contributed by atoms with Crippen molar-refractivity contribution in [1.29, 1.82) is 0 Å². The Morgan fingerprint density at radius 3 is 2.58 bits per heavy atom. The summed E-state index contributed by atoms with van der Waals surface area (Å²) in [6, 6.07) is 19.3. The maximum atomic E-state index is 13.2. The molecular weight excluding hydrogens is 438 g/mol. The van der Waals surface area contributed by atoms with Gasteiger partial charge in [0.2, 0.25) is 0 Å². The largest absolute Gasteiger partial charge is 0.497 e. The van der Waals surface area contributed by atoms with Crippen LogP contribution < -0.4 is 15.0 Å². The Balaban J connectivity index is 1.74. The van der Waals surface area contributed by atoms with Crippen LogP contribution in [0.2, 0.25) is 0 Å². The minimum absolute atomic E-state index is 0.0604. The van der Waals surface area contributed by atoms with Crippen molar-refractivity contribution in [3.63, 3.8) is 0 Å². The van der Waals surface area contributed by atoms with Gasteiger partial charge in [0.1, 0.15) is 10.6 Å². The van der Waals surface area contributed by atoms with E-state index in [0.717, 1.165) is 12.0 Å². The van der Waals surface area contributed by atoms with E-state index in [2.05, 4.69) is 9.71 Å². The summed E-state index contributed by atoms with van der Waals surface area (Å²) in [5.41, 5.74) is 2.93. The maximum absolute atomic E-state index is 13.2. The molecule has 0 saturated carbocycles. The average Bonchev–Trinajstić information content (AvgIpc) is 2.81. The summed E-state index contributed by atoms with van der Waals surface area (Å²) in [4.78, 5) is 14.7. The second-order valence-corrected chi connectivity index (χ2v) is 9.30. The number of carbonyl (C=O) groups excluding carboxylic acids is 1. The lowest BCUT2D eigenvalue weighted by Gasteiger charge is -2.31. The van der Waals surface area contributed by atoms with Crippen LogP contribution in [0.1, 0.15) is 34.8 Å². The van der Waals surface area contributed by atoms with Gasteiger partial charge in [0.25, 0.3) is 15.9 Å². The van der Waals surface area contributed by atoms with Crippen molar-refractivity contribution >= 4 is 33.1 Å². The number of fused-ring (bicyclic) bond motifs is 1. The Morgan fingerprint density at radius 2 is 1.85 bits per heavy atom. The third-order valence-electron chi connectivity index (χ3n) is 5.41. The first-order valence-electron chi connectivity index (χ1n) is 10.6. The van der Waals surface area contributed by atoms with Gasteiger partial charge < -0.3 is 15.0 Å². The Morgan fingerprint density at radius 1 is 1.06 bits per heavy atom. The summed E-state index contributed by atoms with van der Waals surface area (Å²) in [5, 5.41) is 2.80. The monoisotopic (exact) mass is 463 g/mol. The first kappa shape index (κ1) is 22.5. The van der Waals surface area contributed by atoms with Crippen LogP contribution in [0.3, 0.4) is 0 Å². The molecule has 0 unspecified atom stereocenters. The lowest BCUT2D eigenvalue weighted by molar-refractivity contribution is 0.102. The number of rotatable bonds is 6. The highest BCUT2D eigenvalue weighted by atomic mass is 32.2. The van der Waals surface area contributed by atoms with Crippen LogP contribution in [0.4, 0.5) is 11.4 Å². The molecule has 0 bridgehead atoms. The van der Waals surface area contributed by atoms with Crippen LogP contribution in [-0.4, -0.2) is 33.8 Å². The quantitative estimate of drug-likeness (QED) is 0.576. The van der Waals surface area contributed by atoms with Gasteiger partial charge in [-0.1, -0.05) is 37.3 Å². The lowest BCUT2D eigenvalue weighted by Crippen LogP contribution is -2.37. The van der Waals surface area contributed by atoms with Crippen molar-refractivity contribution < 1.29 is 17.9 Å². The predicted molar refractivity (Wildman–Crippen MR) is 130 cm³/mol. The fourth-order valence-corrected chi connectivity index (χ4v) is 5.04. The number of carbonyl (C=O) groups is 1. The summed E-state index contributed by atoms with van der Waals surface area (Å²) in [7, 11) is -2.43. The molecule has 0 spiro atoms. The van der Waals surface area contributed by atoms with Crippen LogP contribution in [0, 0.1) is 6.92 Å². The highest BCUT2D eigenvalue weighted by Crippen LogP contribution is 2.36. The van der Waals surface area contributed by atoms with Crippen LogP contribution >= 0.6 is 0 Å². The molecule has 0 aromatic heterocycles. The zero-order valence-electron chi connectivity index (χ0n) is 18.7. The van der Waals surface area contributed by atoms with E-state index >= 15 is 0 Å². The smallest absolute Gasteiger partial charge is 0.286 e. The molecule has 4 rings (SSSR count). The van der Waals surface area contributed by atoms with Gasteiger partial charge in [-0.05, 0) is 55.3 Å². The predicted octanol–water partition coefficient (Wildman–Crippen LogP) is 4.62. The molecular formula is C25H25N3O4S. The van der Waals surface area contributed by atoms with Crippen LogP contribution in [0.15, 0.2) is 76.0 Å². The van der Waals surface area contributed by atoms with Crippen molar-refractivity contribution in [3.8, 4) is 5.75 Å². The minimum Gasteiger partial charge on any atom is -0.497 e. The minimum atomic E-state index is -3.99. The van der Waals surface area contributed by atoms with E-state index < -0.39 is 10.0 Å². The standard InChI is InChI=1S/C25H25N3O4S/c1-4-14-28-22-13-12-19(26-25(29)21-11-6-5-8-17(21)2)16-23(22)33(30,31)27-24(28)18-9-7-10-20(15-18)32-3/h5-13,15-16H,4,14H2,1-3H3,(H,26,29). The molecule has 0 saturated heterocycles.